The molecule has 1 fully saturated rings. The molecular weight excluding hydrogens is 270 g/mol. The van der Waals surface area contributed by atoms with Crippen LogP contribution in [-0.2, 0) is 20.7 Å². The number of methoxy groups -OCH3 is 1. The van der Waals surface area contributed by atoms with Crippen molar-refractivity contribution in [1.82, 2.24) is 4.90 Å². The van der Waals surface area contributed by atoms with Crippen LogP contribution < -0.4 is 0 Å². The molecule has 0 saturated carbocycles. The minimum Gasteiger partial charge on any atom is -0.467 e. The number of hydrogen-bond donors (Lipinski definition) is 0. The number of rotatable bonds is 3. The van der Waals surface area contributed by atoms with Crippen LogP contribution in [0.5, 0.6) is 0 Å². The topological polar surface area (TPSA) is 55.6 Å². The first-order valence-corrected chi connectivity index (χ1v) is 6.96. The third-order valence-electron chi connectivity index (χ3n) is 3.27. The molecule has 2 unspecified atom stereocenters. The Kier molecular flexibility index (Phi) is 4.21. The summed E-state index contributed by atoms with van der Waals surface area (Å²) in [6.45, 7) is 5.40. The summed E-state index contributed by atoms with van der Waals surface area (Å²) >= 11 is 0. The third-order valence-corrected chi connectivity index (χ3v) is 3.27. The van der Waals surface area contributed by atoms with Crippen LogP contribution in [0.25, 0.3) is 0 Å². The molecule has 0 aliphatic carbocycles. The lowest BCUT2D eigenvalue weighted by Crippen LogP contribution is -2.29. The fraction of sp³-hybridized carbons (Fsp3) is 0.500. The molecule has 0 spiro atoms. The zero-order valence-electron chi connectivity index (χ0n) is 12.8. The minimum atomic E-state index is -0.586. The van der Waals surface area contributed by atoms with Gasteiger partial charge in [-0.05, 0) is 32.8 Å². The van der Waals surface area contributed by atoms with E-state index in [1.165, 1.54) is 12.0 Å². The Morgan fingerprint density at radius 2 is 1.81 bits per heavy atom. The SMILES string of the molecule is COC(=O)C1C(Cc2ccccc2)N1C(=O)OC(C)(C)C. The van der Waals surface area contributed by atoms with Gasteiger partial charge in [0.1, 0.15) is 5.60 Å². The molecule has 1 aromatic carbocycles. The van der Waals surface area contributed by atoms with E-state index < -0.39 is 23.7 Å². The predicted molar refractivity (Wildman–Crippen MR) is 77.8 cm³/mol. The number of amides is 1. The summed E-state index contributed by atoms with van der Waals surface area (Å²) in [7, 11) is 1.33. The highest BCUT2D eigenvalue weighted by atomic mass is 16.6. The van der Waals surface area contributed by atoms with E-state index in [-0.39, 0.29) is 6.04 Å². The molecule has 0 radical (unpaired) electrons. The van der Waals surface area contributed by atoms with E-state index >= 15 is 0 Å². The summed E-state index contributed by atoms with van der Waals surface area (Å²) in [6.07, 6.45) is 0.138. The van der Waals surface area contributed by atoms with Crippen LogP contribution in [0, 0.1) is 0 Å². The maximum Gasteiger partial charge on any atom is 0.411 e. The highest BCUT2D eigenvalue weighted by molar-refractivity contribution is 5.88. The van der Waals surface area contributed by atoms with Gasteiger partial charge in [-0.15, -0.1) is 0 Å². The Morgan fingerprint density at radius 1 is 1.19 bits per heavy atom. The van der Waals surface area contributed by atoms with Gasteiger partial charge in [0.05, 0.1) is 13.2 Å². The molecule has 1 heterocycles. The van der Waals surface area contributed by atoms with Crippen molar-refractivity contribution >= 4 is 12.1 Å². The van der Waals surface area contributed by atoms with E-state index in [0.717, 1.165) is 5.56 Å². The van der Waals surface area contributed by atoms with Gasteiger partial charge in [-0.1, -0.05) is 30.3 Å². The van der Waals surface area contributed by atoms with Gasteiger partial charge in [0, 0.05) is 0 Å². The molecule has 21 heavy (non-hydrogen) atoms. The maximum absolute atomic E-state index is 12.1. The Morgan fingerprint density at radius 3 is 2.33 bits per heavy atom. The summed E-state index contributed by atoms with van der Waals surface area (Å²) in [4.78, 5) is 25.4. The van der Waals surface area contributed by atoms with Crippen molar-refractivity contribution in [2.75, 3.05) is 7.11 Å². The number of ether oxygens (including phenoxy) is 2. The second-order valence-electron chi connectivity index (χ2n) is 6.11. The van der Waals surface area contributed by atoms with E-state index in [4.69, 9.17) is 9.47 Å². The van der Waals surface area contributed by atoms with Gasteiger partial charge in [-0.3, -0.25) is 4.90 Å². The quantitative estimate of drug-likeness (QED) is 0.634. The van der Waals surface area contributed by atoms with E-state index in [1.807, 2.05) is 30.3 Å². The van der Waals surface area contributed by atoms with Crippen LogP contribution in [0.1, 0.15) is 26.3 Å². The molecule has 5 heteroatoms. The van der Waals surface area contributed by atoms with Crippen molar-refractivity contribution in [2.45, 2.75) is 44.9 Å². The average Bonchev–Trinajstić information content (AvgIpc) is 3.11. The van der Waals surface area contributed by atoms with Gasteiger partial charge in [0.25, 0.3) is 0 Å². The van der Waals surface area contributed by atoms with Gasteiger partial charge in [0.2, 0.25) is 0 Å². The van der Waals surface area contributed by atoms with Crippen LogP contribution in [0.15, 0.2) is 30.3 Å². The molecule has 5 nitrogen and oxygen atoms in total. The van der Waals surface area contributed by atoms with Crippen LogP contribution in [0.3, 0.4) is 0 Å². The van der Waals surface area contributed by atoms with Gasteiger partial charge >= 0.3 is 12.1 Å². The normalized spacial score (nSPS) is 20.9. The number of carbonyl (C=O) groups excluding carboxylic acids is 2. The number of nitrogens with zero attached hydrogens (tertiary/aromatic N) is 1. The van der Waals surface area contributed by atoms with E-state index in [1.54, 1.807) is 20.8 Å². The third kappa shape index (κ3) is 3.74. The Labute approximate surface area is 124 Å². The first kappa shape index (κ1) is 15.4. The lowest BCUT2D eigenvalue weighted by molar-refractivity contribution is -0.140. The first-order valence-electron chi connectivity index (χ1n) is 6.96. The van der Waals surface area contributed by atoms with Crippen molar-refractivity contribution in [2.24, 2.45) is 0 Å². The summed E-state index contributed by atoms with van der Waals surface area (Å²) < 4.78 is 10.1. The number of esters is 1. The fourth-order valence-electron chi connectivity index (χ4n) is 2.30. The minimum absolute atomic E-state index is 0.199. The Balaban J connectivity index is 2.08. The van der Waals surface area contributed by atoms with Gasteiger partial charge in [0.15, 0.2) is 6.04 Å². The van der Waals surface area contributed by atoms with Crippen molar-refractivity contribution in [3.05, 3.63) is 35.9 Å². The molecule has 0 bridgehead atoms. The number of carbonyl (C=O) groups is 2. The zero-order chi connectivity index (χ0) is 15.6. The molecule has 0 aromatic heterocycles. The molecule has 1 saturated heterocycles. The average molecular weight is 291 g/mol. The maximum atomic E-state index is 12.1. The summed E-state index contributed by atoms with van der Waals surface area (Å²) in [5.74, 6) is -0.401. The highest BCUT2D eigenvalue weighted by Crippen LogP contribution is 2.34. The highest BCUT2D eigenvalue weighted by Gasteiger charge is 2.57. The largest absolute Gasteiger partial charge is 0.467 e. The smallest absolute Gasteiger partial charge is 0.411 e. The van der Waals surface area contributed by atoms with Crippen molar-refractivity contribution in [1.29, 1.82) is 0 Å². The van der Waals surface area contributed by atoms with E-state index in [2.05, 4.69) is 0 Å². The van der Waals surface area contributed by atoms with Crippen molar-refractivity contribution in [3.63, 3.8) is 0 Å². The van der Waals surface area contributed by atoms with Crippen LogP contribution in [-0.4, -0.2) is 41.8 Å². The molecule has 0 N–H and O–H groups in total. The second-order valence-corrected chi connectivity index (χ2v) is 6.11. The second kappa shape index (κ2) is 5.76. The summed E-state index contributed by atoms with van der Waals surface area (Å²) in [6, 6.07) is 8.99. The van der Waals surface area contributed by atoms with Gasteiger partial charge < -0.3 is 9.47 Å². The molecule has 2 rings (SSSR count). The standard InChI is InChI=1S/C16H21NO4/c1-16(2,3)21-15(19)17-12(13(17)14(18)20-4)10-11-8-6-5-7-9-11/h5-9,12-13H,10H2,1-4H3. The van der Waals surface area contributed by atoms with Crippen LogP contribution in [0.4, 0.5) is 4.79 Å². The molecular formula is C16H21NO4. The fourth-order valence-corrected chi connectivity index (χ4v) is 2.30. The predicted octanol–water partition coefficient (Wildman–Crippen LogP) is 2.39. The number of hydrogen-bond acceptors (Lipinski definition) is 4. The van der Waals surface area contributed by atoms with Crippen molar-refractivity contribution in [3.8, 4) is 0 Å². The zero-order valence-corrected chi connectivity index (χ0v) is 12.8. The lowest BCUT2D eigenvalue weighted by Gasteiger charge is -2.20. The van der Waals surface area contributed by atoms with Gasteiger partial charge in [-0.2, -0.15) is 0 Å². The Hall–Kier alpha value is -2.04. The van der Waals surface area contributed by atoms with E-state index in [0.29, 0.717) is 6.42 Å². The van der Waals surface area contributed by atoms with Gasteiger partial charge in [-0.25, -0.2) is 9.59 Å². The molecule has 1 amide bonds. The Bertz CT molecular complexity index is 521. The van der Waals surface area contributed by atoms with Crippen molar-refractivity contribution < 1.29 is 19.1 Å². The molecule has 114 valence electrons. The monoisotopic (exact) mass is 291 g/mol. The first-order chi connectivity index (χ1) is 9.83. The molecule has 2 atom stereocenters. The van der Waals surface area contributed by atoms with Crippen LogP contribution in [0.2, 0.25) is 0 Å². The molecule has 1 aromatic rings. The number of benzene rings is 1. The van der Waals surface area contributed by atoms with Crippen LogP contribution >= 0.6 is 0 Å². The lowest BCUT2D eigenvalue weighted by atomic mass is 10.1. The summed E-state index contributed by atoms with van der Waals surface area (Å²) in [5, 5.41) is 0. The molecule has 1 aliphatic rings. The van der Waals surface area contributed by atoms with E-state index in [9.17, 15) is 9.59 Å². The molecule has 1 aliphatic heterocycles. The summed E-state index contributed by atoms with van der Waals surface area (Å²) in [5.41, 5.74) is 0.486.